The zero-order valence-electron chi connectivity index (χ0n) is 23.2. The van der Waals surface area contributed by atoms with Gasteiger partial charge in [0.1, 0.15) is 0 Å². The first-order valence-electron chi connectivity index (χ1n) is 14.3. The molecule has 6 aromatic carbocycles. The Morgan fingerprint density at radius 3 is 1.60 bits per heavy atom. The Bertz CT molecular complexity index is 2220. The van der Waals surface area contributed by atoms with Gasteiger partial charge in [-0.25, -0.2) is 15.0 Å². The van der Waals surface area contributed by atoms with Crippen LogP contribution in [0.3, 0.4) is 0 Å². The van der Waals surface area contributed by atoms with E-state index in [1.165, 1.54) is 20.2 Å². The first kappa shape index (κ1) is 25.3. The molecule has 0 unspecified atom stereocenters. The minimum Gasteiger partial charge on any atom is -0.208 e. The largest absolute Gasteiger partial charge is 0.208 e. The number of hydrogen-bond acceptors (Lipinski definition) is 4. The highest BCUT2D eigenvalue weighted by Crippen LogP contribution is 2.42. The second-order valence-electron chi connectivity index (χ2n) is 10.5. The predicted molar refractivity (Wildman–Crippen MR) is 180 cm³/mol. The van der Waals surface area contributed by atoms with Crippen molar-refractivity contribution in [1.82, 2.24) is 15.0 Å². The van der Waals surface area contributed by atoms with Gasteiger partial charge in [-0.15, -0.1) is 11.3 Å². The van der Waals surface area contributed by atoms with Crippen LogP contribution in [-0.2, 0) is 0 Å². The Labute approximate surface area is 253 Å². The first-order chi connectivity index (χ1) is 21.3. The Hall–Kier alpha value is -5.45. The first-order valence-corrected chi connectivity index (χ1v) is 15.1. The summed E-state index contributed by atoms with van der Waals surface area (Å²) in [7, 11) is 0. The molecule has 0 radical (unpaired) electrons. The van der Waals surface area contributed by atoms with Crippen molar-refractivity contribution in [3.05, 3.63) is 152 Å². The van der Waals surface area contributed by atoms with Gasteiger partial charge in [0.25, 0.3) is 0 Å². The van der Waals surface area contributed by atoms with Crippen LogP contribution in [0.25, 0.3) is 76.6 Å². The van der Waals surface area contributed by atoms with Gasteiger partial charge in [-0.05, 0) is 46.5 Å². The van der Waals surface area contributed by atoms with E-state index in [0.29, 0.717) is 17.5 Å². The van der Waals surface area contributed by atoms with Crippen molar-refractivity contribution >= 4 is 31.5 Å². The number of fused-ring (bicyclic) bond motifs is 3. The molecule has 43 heavy (non-hydrogen) atoms. The fourth-order valence-electron chi connectivity index (χ4n) is 5.64. The average molecular weight is 568 g/mol. The molecular formula is C39H25N3S. The lowest BCUT2D eigenvalue weighted by Gasteiger charge is -2.12. The molecule has 4 heteroatoms. The van der Waals surface area contributed by atoms with Crippen molar-refractivity contribution < 1.29 is 0 Å². The van der Waals surface area contributed by atoms with E-state index in [1.54, 1.807) is 0 Å². The molecule has 8 rings (SSSR count). The molecular weight excluding hydrogens is 543 g/mol. The van der Waals surface area contributed by atoms with Crippen molar-refractivity contribution in [1.29, 1.82) is 0 Å². The molecule has 0 aliphatic rings. The Morgan fingerprint density at radius 1 is 0.349 bits per heavy atom. The van der Waals surface area contributed by atoms with Crippen LogP contribution in [0.15, 0.2) is 152 Å². The molecule has 0 aliphatic heterocycles. The molecule has 0 saturated heterocycles. The summed E-state index contributed by atoms with van der Waals surface area (Å²) in [5, 5.41) is 2.39. The molecule has 0 spiro atoms. The molecule has 0 saturated carbocycles. The Kier molecular flexibility index (Phi) is 6.32. The lowest BCUT2D eigenvalue weighted by Crippen LogP contribution is -2.00. The zero-order valence-corrected chi connectivity index (χ0v) is 24.0. The van der Waals surface area contributed by atoms with Crippen molar-refractivity contribution in [2.45, 2.75) is 0 Å². The monoisotopic (exact) mass is 567 g/mol. The fraction of sp³-hybridized carbons (Fsp3) is 0. The minimum atomic E-state index is 0.652. The van der Waals surface area contributed by atoms with Crippen LogP contribution in [0.2, 0.25) is 0 Å². The summed E-state index contributed by atoms with van der Waals surface area (Å²) in [6.07, 6.45) is 0. The van der Waals surface area contributed by atoms with Crippen LogP contribution in [0.5, 0.6) is 0 Å². The van der Waals surface area contributed by atoms with E-state index in [1.807, 2.05) is 35.6 Å². The number of aromatic nitrogens is 3. The molecule has 0 atom stereocenters. The quantitative estimate of drug-likeness (QED) is 0.208. The molecule has 0 N–H and O–H groups in total. The second kappa shape index (κ2) is 10.8. The van der Waals surface area contributed by atoms with Crippen LogP contribution >= 0.6 is 11.3 Å². The zero-order chi connectivity index (χ0) is 28.6. The molecule has 0 bridgehead atoms. The van der Waals surface area contributed by atoms with Gasteiger partial charge in [0.15, 0.2) is 17.5 Å². The standard InChI is InChI=1S/C39H25N3S/c1-4-13-26(14-5-1)29-19-12-20-30(23-29)38-40-37(28-17-8-3-9-18-28)41-39(42-38)33-24-31(27-15-6-2-7-16-27)25-35-36(33)32-21-10-11-22-34(32)43-35/h1-25H. The van der Waals surface area contributed by atoms with E-state index < -0.39 is 0 Å². The highest BCUT2D eigenvalue weighted by atomic mass is 32.1. The molecule has 0 aliphatic carbocycles. The van der Waals surface area contributed by atoms with Gasteiger partial charge in [-0.2, -0.15) is 0 Å². The van der Waals surface area contributed by atoms with Crippen LogP contribution < -0.4 is 0 Å². The molecule has 0 fully saturated rings. The van der Waals surface area contributed by atoms with Crippen LogP contribution in [0.1, 0.15) is 0 Å². The second-order valence-corrected chi connectivity index (χ2v) is 11.6. The Morgan fingerprint density at radius 2 is 0.884 bits per heavy atom. The summed E-state index contributed by atoms with van der Waals surface area (Å²) >= 11 is 1.81. The smallest absolute Gasteiger partial charge is 0.164 e. The van der Waals surface area contributed by atoms with Gasteiger partial charge >= 0.3 is 0 Å². The number of hydrogen-bond donors (Lipinski definition) is 0. The van der Waals surface area contributed by atoms with Gasteiger partial charge in [0, 0.05) is 36.9 Å². The van der Waals surface area contributed by atoms with E-state index in [2.05, 4.69) is 127 Å². The third kappa shape index (κ3) is 4.78. The number of nitrogens with zero attached hydrogens (tertiary/aromatic N) is 3. The number of thiophene rings is 1. The summed E-state index contributed by atoms with van der Waals surface area (Å²) in [6, 6.07) is 52.7. The number of rotatable bonds is 5. The van der Waals surface area contributed by atoms with Crippen molar-refractivity contribution in [3.8, 4) is 56.4 Å². The maximum absolute atomic E-state index is 5.19. The molecule has 2 aromatic heterocycles. The summed E-state index contributed by atoms with van der Waals surface area (Å²) in [5.41, 5.74) is 7.50. The predicted octanol–water partition coefficient (Wildman–Crippen LogP) is 10.6. The third-order valence-corrected chi connectivity index (χ3v) is 8.84. The van der Waals surface area contributed by atoms with E-state index >= 15 is 0 Å². The number of benzene rings is 6. The SMILES string of the molecule is c1ccc(-c2cccc(-c3nc(-c4ccccc4)nc(-c4cc(-c5ccccc5)cc5sc6ccccc6c45)n3)c2)cc1. The van der Waals surface area contributed by atoms with Crippen molar-refractivity contribution in [2.75, 3.05) is 0 Å². The maximum atomic E-state index is 5.19. The summed E-state index contributed by atoms with van der Waals surface area (Å²) in [6.45, 7) is 0. The van der Waals surface area contributed by atoms with E-state index in [9.17, 15) is 0 Å². The van der Waals surface area contributed by atoms with Crippen molar-refractivity contribution in [3.63, 3.8) is 0 Å². The summed E-state index contributed by atoms with van der Waals surface area (Å²) in [4.78, 5) is 15.3. The van der Waals surface area contributed by atoms with Crippen LogP contribution in [0, 0.1) is 0 Å². The van der Waals surface area contributed by atoms with Gasteiger partial charge in [0.2, 0.25) is 0 Å². The average Bonchev–Trinajstić information content (AvgIpc) is 3.47. The lowest BCUT2D eigenvalue weighted by atomic mass is 9.98. The highest BCUT2D eigenvalue weighted by Gasteiger charge is 2.19. The van der Waals surface area contributed by atoms with Gasteiger partial charge < -0.3 is 0 Å². The summed E-state index contributed by atoms with van der Waals surface area (Å²) in [5.74, 6) is 1.98. The Balaban J connectivity index is 1.40. The van der Waals surface area contributed by atoms with Gasteiger partial charge in [-0.3, -0.25) is 0 Å². The molecule has 8 aromatic rings. The van der Waals surface area contributed by atoms with Crippen LogP contribution in [-0.4, -0.2) is 15.0 Å². The minimum absolute atomic E-state index is 0.652. The highest BCUT2D eigenvalue weighted by molar-refractivity contribution is 7.26. The van der Waals surface area contributed by atoms with E-state index in [4.69, 9.17) is 15.0 Å². The van der Waals surface area contributed by atoms with Crippen molar-refractivity contribution in [2.24, 2.45) is 0 Å². The van der Waals surface area contributed by atoms with Crippen LogP contribution in [0.4, 0.5) is 0 Å². The molecule has 202 valence electrons. The lowest BCUT2D eigenvalue weighted by molar-refractivity contribution is 1.08. The summed E-state index contributed by atoms with van der Waals surface area (Å²) < 4.78 is 2.46. The topological polar surface area (TPSA) is 38.7 Å². The third-order valence-electron chi connectivity index (χ3n) is 7.72. The molecule has 2 heterocycles. The van der Waals surface area contributed by atoms with E-state index in [0.717, 1.165) is 38.9 Å². The van der Waals surface area contributed by atoms with Gasteiger partial charge in [-0.1, -0.05) is 127 Å². The normalized spacial score (nSPS) is 11.3. The molecule has 3 nitrogen and oxygen atoms in total. The molecule has 0 amide bonds. The van der Waals surface area contributed by atoms with Gasteiger partial charge in [0.05, 0.1) is 0 Å². The maximum Gasteiger partial charge on any atom is 0.164 e. The van der Waals surface area contributed by atoms with E-state index in [-0.39, 0.29) is 0 Å². The fourth-order valence-corrected chi connectivity index (χ4v) is 6.81.